The van der Waals surface area contributed by atoms with E-state index in [1.807, 2.05) is 44.2 Å². The second kappa shape index (κ2) is 12.3. The standard InChI is InChI=1S/C28H29N5O4S/c1-17(2)14-23(31-28(36)37-15-19-10-12-29-13-11-19)25(34)32-33-26(35)24-16-38-27(30-24)22-9-8-18(3)20-6-4-5-7-21(20)22/h4-13,16-17,23H,14-15H2,1-3H3,(H,31,36)(H,32,34)(H,33,35)/t23-/m0/s1. The van der Waals surface area contributed by atoms with Crippen molar-refractivity contribution in [3.63, 3.8) is 0 Å². The van der Waals surface area contributed by atoms with E-state index in [2.05, 4.69) is 39.1 Å². The molecule has 9 nitrogen and oxygen atoms in total. The molecule has 2 aromatic carbocycles. The van der Waals surface area contributed by atoms with Gasteiger partial charge in [0.1, 0.15) is 23.4 Å². The van der Waals surface area contributed by atoms with Gasteiger partial charge in [-0.25, -0.2) is 9.78 Å². The molecule has 2 aromatic heterocycles. The lowest BCUT2D eigenvalue weighted by Crippen LogP contribution is -2.52. The average Bonchev–Trinajstić information content (AvgIpc) is 3.41. The zero-order valence-corrected chi connectivity index (χ0v) is 22.2. The number of aromatic nitrogens is 2. The summed E-state index contributed by atoms with van der Waals surface area (Å²) in [5.41, 5.74) is 7.85. The smallest absolute Gasteiger partial charge is 0.408 e. The Labute approximate surface area is 224 Å². The summed E-state index contributed by atoms with van der Waals surface area (Å²) in [4.78, 5) is 46.3. The number of rotatable bonds is 8. The molecule has 0 bridgehead atoms. The normalized spacial score (nSPS) is 11.7. The van der Waals surface area contributed by atoms with Gasteiger partial charge in [-0.15, -0.1) is 11.3 Å². The Morgan fingerprint density at radius 1 is 0.974 bits per heavy atom. The lowest BCUT2D eigenvalue weighted by molar-refractivity contribution is -0.124. The first-order valence-electron chi connectivity index (χ1n) is 12.2. The Morgan fingerprint density at radius 2 is 1.71 bits per heavy atom. The van der Waals surface area contributed by atoms with Crippen molar-refractivity contribution in [3.05, 3.63) is 83.1 Å². The maximum absolute atomic E-state index is 12.8. The predicted octanol–water partition coefficient (Wildman–Crippen LogP) is 4.77. The summed E-state index contributed by atoms with van der Waals surface area (Å²) in [5, 5.41) is 7.11. The summed E-state index contributed by atoms with van der Waals surface area (Å²) in [5.74, 6) is -1.01. The van der Waals surface area contributed by atoms with Crippen LogP contribution in [0, 0.1) is 12.8 Å². The van der Waals surface area contributed by atoms with E-state index in [9.17, 15) is 14.4 Å². The molecule has 0 saturated carbocycles. The number of amides is 3. The van der Waals surface area contributed by atoms with E-state index in [4.69, 9.17) is 4.74 Å². The van der Waals surface area contributed by atoms with Gasteiger partial charge in [0, 0.05) is 23.3 Å². The first-order chi connectivity index (χ1) is 18.3. The SMILES string of the molecule is Cc1ccc(-c2nc(C(=O)NNC(=O)[C@H](CC(C)C)NC(=O)OCc3ccncc3)cs2)c2ccccc12. The summed E-state index contributed by atoms with van der Waals surface area (Å²) < 4.78 is 5.21. The monoisotopic (exact) mass is 531 g/mol. The number of hydrogen-bond donors (Lipinski definition) is 3. The molecule has 196 valence electrons. The van der Waals surface area contributed by atoms with E-state index >= 15 is 0 Å². The van der Waals surface area contributed by atoms with Crippen molar-refractivity contribution in [1.29, 1.82) is 0 Å². The number of hydrazine groups is 1. The number of alkyl carbamates (subject to hydrolysis) is 1. The summed E-state index contributed by atoms with van der Waals surface area (Å²) in [6.07, 6.45) is 2.82. The molecular formula is C28H29N5O4S. The second-order valence-corrected chi connectivity index (χ2v) is 10.1. The summed E-state index contributed by atoms with van der Waals surface area (Å²) >= 11 is 1.35. The minimum Gasteiger partial charge on any atom is -0.445 e. The van der Waals surface area contributed by atoms with Gasteiger partial charge >= 0.3 is 6.09 Å². The number of fused-ring (bicyclic) bond motifs is 1. The van der Waals surface area contributed by atoms with Crippen molar-refractivity contribution in [3.8, 4) is 10.6 Å². The van der Waals surface area contributed by atoms with Crippen molar-refractivity contribution in [1.82, 2.24) is 26.1 Å². The summed E-state index contributed by atoms with van der Waals surface area (Å²) in [7, 11) is 0. The Morgan fingerprint density at radius 3 is 2.45 bits per heavy atom. The van der Waals surface area contributed by atoms with Gasteiger partial charge in [0.25, 0.3) is 11.8 Å². The highest BCUT2D eigenvalue weighted by atomic mass is 32.1. The van der Waals surface area contributed by atoms with Crippen molar-refractivity contribution in [2.24, 2.45) is 5.92 Å². The van der Waals surface area contributed by atoms with Crippen LogP contribution in [0.5, 0.6) is 0 Å². The quantitative estimate of drug-likeness (QED) is 0.282. The van der Waals surface area contributed by atoms with Crippen LogP contribution < -0.4 is 16.2 Å². The Kier molecular flexibility index (Phi) is 8.65. The minimum atomic E-state index is -0.898. The highest BCUT2D eigenvalue weighted by molar-refractivity contribution is 7.13. The molecule has 38 heavy (non-hydrogen) atoms. The Bertz CT molecular complexity index is 1440. The van der Waals surface area contributed by atoms with E-state index < -0.39 is 23.9 Å². The number of carbonyl (C=O) groups excluding carboxylic acids is 3. The van der Waals surface area contributed by atoms with Gasteiger partial charge in [-0.1, -0.05) is 50.2 Å². The van der Waals surface area contributed by atoms with Gasteiger partial charge in [-0.05, 0) is 53.3 Å². The molecule has 1 atom stereocenters. The molecule has 4 rings (SSSR count). The highest BCUT2D eigenvalue weighted by Crippen LogP contribution is 2.32. The van der Waals surface area contributed by atoms with Gasteiger partial charge in [-0.3, -0.25) is 25.4 Å². The lowest BCUT2D eigenvalue weighted by Gasteiger charge is -2.20. The highest BCUT2D eigenvalue weighted by Gasteiger charge is 2.24. The van der Waals surface area contributed by atoms with E-state index in [-0.39, 0.29) is 18.2 Å². The predicted molar refractivity (Wildman–Crippen MR) is 146 cm³/mol. The number of nitrogens with one attached hydrogen (secondary N) is 3. The molecule has 10 heteroatoms. The number of pyridine rings is 1. The van der Waals surface area contributed by atoms with E-state index in [0.717, 1.165) is 27.5 Å². The number of thiazole rings is 1. The molecule has 0 saturated heterocycles. The van der Waals surface area contributed by atoms with Crippen LogP contribution in [0.15, 0.2) is 66.3 Å². The third-order valence-corrected chi connectivity index (χ3v) is 6.72. The van der Waals surface area contributed by atoms with Crippen LogP contribution in [0.3, 0.4) is 0 Å². The largest absolute Gasteiger partial charge is 0.445 e. The molecule has 0 aliphatic rings. The zero-order chi connectivity index (χ0) is 27.1. The van der Waals surface area contributed by atoms with Gasteiger partial charge in [-0.2, -0.15) is 0 Å². The number of nitrogens with zero attached hydrogens (tertiary/aromatic N) is 2. The summed E-state index contributed by atoms with van der Waals surface area (Å²) in [6, 6.07) is 14.6. The van der Waals surface area contributed by atoms with Crippen molar-refractivity contribution < 1.29 is 19.1 Å². The third kappa shape index (κ3) is 6.71. The fourth-order valence-electron chi connectivity index (χ4n) is 3.92. The molecule has 0 aliphatic carbocycles. The first kappa shape index (κ1) is 26.7. The number of carbonyl (C=O) groups is 3. The zero-order valence-electron chi connectivity index (χ0n) is 21.4. The lowest BCUT2D eigenvalue weighted by atomic mass is 10.0. The fourth-order valence-corrected chi connectivity index (χ4v) is 4.76. The molecule has 3 N–H and O–H groups in total. The van der Waals surface area contributed by atoms with E-state index in [1.54, 1.807) is 29.9 Å². The van der Waals surface area contributed by atoms with Gasteiger partial charge in [0.15, 0.2) is 0 Å². The number of hydrogen-bond acceptors (Lipinski definition) is 7. The molecule has 4 aromatic rings. The molecule has 3 amide bonds. The van der Waals surface area contributed by atoms with Gasteiger partial charge < -0.3 is 10.1 Å². The molecule has 0 fully saturated rings. The summed E-state index contributed by atoms with van der Waals surface area (Å²) in [6.45, 7) is 5.95. The second-order valence-electron chi connectivity index (χ2n) is 9.21. The van der Waals surface area contributed by atoms with Crippen LogP contribution >= 0.6 is 11.3 Å². The molecular weight excluding hydrogens is 502 g/mol. The number of ether oxygens (including phenoxy) is 1. The van der Waals surface area contributed by atoms with Crippen LogP contribution in [-0.2, 0) is 16.1 Å². The molecule has 0 radical (unpaired) electrons. The van der Waals surface area contributed by atoms with Crippen LogP contribution in [0.2, 0.25) is 0 Å². The van der Waals surface area contributed by atoms with Crippen molar-refractivity contribution in [2.45, 2.75) is 39.8 Å². The fraction of sp³-hybridized carbons (Fsp3) is 0.250. The Balaban J connectivity index is 1.37. The van der Waals surface area contributed by atoms with Crippen LogP contribution in [0.25, 0.3) is 21.3 Å². The Hall–Kier alpha value is -4.31. The molecule has 0 unspecified atom stereocenters. The van der Waals surface area contributed by atoms with E-state index in [0.29, 0.717) is 11.4 Å². The number of benzene rings is 2. The van der Waals surface area contributed by atoms with Crippen LogP contribution in [-0.4, -0.2) is 33.9 Å². The maximum atomic E-state index is 12.8. The average molecular weight is 532 g/mol. The van der Waals surface area contributed by atoms with Gasteiger partial charge in [0.05, 0.1) is 0 Å². The third-order valence-electron chi connectivity index (χ3n) is 5.84. The maximum Gasteiger partial charge on any atom is 0.408 e. The minimum absolute atomic E-state index is 0.0452. The van der Waals surface area contributed by atoms with Crippen LogP contribution in [0.4, 0.5) is 4.79 Å². The van der Waals surface area contributed by atoms with E-state index in [1.165, 1.54) is 11.3 Å². The topological polar surface area (TPSA) is 122 Å². The van der Waals surface area contributed by atoms with Crippen molar-refractivity contribution >= 4 is 40.0 Å². The number of aryl methyl sites for hydroxylation is 1. The molecule has 0 aliphatic heterocycles. The van der Waals surface area contributed by atoms with Crippen LogP contribution in [0.1, 0.15) is 41.9 Å². The van der Waals surface area contributed by atoms with Crippen molar-refractivity contribution in [2.75, 3.05) is 0 Å². The molecule has 0 spiro atoms. The van der Waals surface area contributed by atoms with Gasteiger partial charge in [0.2, 0.25) is 0 Å². The molecule has 2 heterocycles. The first-order valence-corrected chi connectivity index (χ1v) is 13.1.